The van der Waals surface area contributed by atoms with E-state index in [9.17, 15) is 23.1 Å². The van der Waals surface area contributed by atoms with Crippen molar-refractivity contribution in [2.75, 3.05) is 0 Å². The molecule has 4 nitrogen and oxygen atoms in total. The number of phenols is 1. The van der Waals surface area contributed by atoms with Crippen LogP contribution in [0.2, 0.25) is 5.02 Å². The molecule has 0 aromatic heterocycles. The fourth-order valence-electron chi connectivity index (χ4n) is 1.71. The van der Waals surface area contributed by atoms with Gasteiger partial charge in [-0.1, -0.05) is 29.8 Å². The molecule has 2 aromatic carbocycles. The van der Waals surface area contributed by atoms with E-state index in [0.717, 1.165) is 12.3 Å². The van der Waals surface area contributed by atoms with Crippen LogP contribution < -0.4 is 5.43 Å². The molecule has 0 fully saturated rings. The van der Waals surface area contributed by atoms with Crippen molar-refractivity contribution < 1.29 is 23.1 Å². The highest BCUT2D eigenvalue weighted by Crippen LogP contribution is 2.37. The molecule has 0 heterocycles. The molecular weight excluding hydrogens is 333 g/mol. The molecule has 8 heteroatoms. The first-order valence-corrected chi connectivity index (χ1v) is 6.65. The van der Waals surface area contributed by atoms with Crippen LogP contribution in [0.15, 0.2) is 47.6 Å². The highest BCUT2D eigenvalue weighted by Gasteiger charge is 2.34. The van der Waals surface area contributed by atoms with Gasteiger partial charge in [-0.05, 0) is 24.3 Å². The third-order valence-electron chi connectivity index (χ3n) is 2.83. The Labute approximate surface area is 134 Å². The summed E-state index contributed by atoms with van der Waals surface area (Å²) in [5.41, 5.74) is 1.34. The Hall–Kier alpha value is -2.54. The van der Waals surface area contributed by atoms with E-state index in [1.807, 2.05) is 0 Å². The number of hydrogen-bond acceptors (Lipinski definition) is 3. The molecule has 0 spiro atoms. The Morgan fingerprint density at radius 1 is 1.22 bits per heavy atom. The van der Waals surface area contributed by atoms with Crippen molar-refractivity contribution in [3.63, 3.8) is 0 Å². The second-order valence-electron chi connectivity index (χ2n) is 4.45. The number of nitrogens with one attached hydrogen (secondary N) is 1. The third kappa shape index (κ3) is 4.23. The maximum atomic E-state index is 12.6. The van der Waals surface area contributed by atoms with Gasteiger partial charge in [-0.25, -0.2) is 5.43 Å². The molecule has 0 aliphatic carbocycles. The van der Waals surface area contributed by atoms with E-state index < -0.39 is 28.4 Å². The Balaban J connectivity index is 2.14. The average Bonchev–Trinajstić information content (AvgIpc) is 2.50. The maximum absolute atomic E-state index is 12.6. The predicted molar refractivity (Wildman–Crippen MR) is 79.6 cm³/mol. The lowest BCUT2D eigenvalue weighted by molar-refractivity contribution is -0.137. The van der Waals surface area contributed by atoms with Crippen LogP contribution in [0.5, 0.6) is 5.75 Å². The van der Waals surface area contributed by atoms with Crippen LogP contribution in [0.25, 0.3) is 0 Å². The van der Waals surface area contributed by atoms with Crippen LogP contribution in [-0.4, -0.2) is 17.2 Å². The molecular formula is C15H10ClF3N2O2. The average molecular weight is 343 g/mol. The van der Waals surface area contributed by atoms with Crippen LogP contribution in [0, 0.1) is 0 Å². The number of alkyl halides is 3. The summed E-state index contributed by atoms with van der Waals surface area (Å²) in [6, 6.07) is 9.62. The topological polar surface area (TPSA) is 61.7 Å². The van der Waals surface area contributed by atoms with Crippen molar-refractivity contribution in [2.24, 2.45) is 5.10 Å². The van der Waals surface area contributed by atoms with Crippen LogP contribution in [-0.2, 0) is 6.18 Å². The number of benzene rings is 2. The lowest BCUT2D eigenvalue weighted by atomic mass is 10.1. The van der Waals surface area contributed by atoms with Gasteiger partial charge in [-0.15, -0.1) is 0 Å². The molecule has 2 N–H and O–H groups in total. The lowest BCUT2D eigenvalue weighted by Crippen LogP contribution is -2.17. The van der Waals surface area contributed by atoms with E-state index in [1.165, 1.54) is 0 Å². The Kier molecular flexibility index (Phi) is 4.90. The van der Waals surface area contributed by atoms with E-state index in [1.54, 1.807) is 30.3 Å². The zero-order chi connectivity index (χ0) is 17.0. The molecule has 0 atom stereocenters. The van der Waals surface area contributed by atoms with Crippen LogP contribution in [0.1, 0.15) is 21.5 Å². The lowest BCUT2D eigenvalue weighted by Gasteiger charge is -2.10. The number of amides is 1. The van der Waals surface area contributed by atoms with Crippen molar-refractivity contribution in [1.29, 1.82) is 0 Å². The predicted octanol–water partition coefficient (Wildman–Crippen LogP) is 3.83. The molecule has 0 radical (unpaired) electrons. The zero-order valence-electron chi connectivity index (χ0n) is 11.4. The number of aromatic hydroxyl groups is 1. The van der Waals surface area contributed by atoms with Crippen molar-refractivity contribution in [3.8, 4) is 5.75 Å². The van der Waals surface area contributed by atoms with Crippen LogP contribution >= 0.6 is 11.6 Å². The molecule has 23 heavy (non-hydrogen) atoms. The summed E-state index contributed by atoms with van der Waals surface area (Å²) in [6.45, 7) is 0. The summed E-state index contributed by atoms with van der Waals surface area (Å²) >= 11 is 5.54. The Morgan fingerprint density at radius 3 is 2.48 bits per heavy atom. The largest absolute Gasteiger partial charge is 0.507 e. The third-order valence-corrected chi connectivity index (χ3v) is 3.14. The fourth-order valence-corrected chi connectivity index (χ4v) is 1.99. The standard InChI is InChI=1S/C15H10ClF3N2O2/c16-12-6-10(13(22)7-11(12)15(17,18)19)8-20-21-14(23)9-4-2-1-3-5-9/h1-8,22H,(H,21,23)/b20-8+. The maximum Gasteiger partial charge on any atom is 0.417 e. The zero-order valence-corrected chi connectivity index (χ0v) is 12.2. The van der Waals surface area contributed by atoms with Gasteiger partial charge in [-0.3, -0.25) is 4.79 Å². The van der Waals surface area contributed by atoms with Gasteiger partial charge in [0, 0.05) is 11.1 Å². The number of phenolic OH excluding ortho intramolecular Hbond substituents is 1. The summed E-state index contributed by atoms with van der Waals surface area (Å²) in [5, 5.41) is 12.6. The molecule has 2 aromatic rings. The van der Waals surface area contributed by atoms with Gasteiger partial charge >= 0.3 is 6.18 Å². The fraction of sp³-hybridized carbons (Fsp3) is 0.0667. The summed E-state index contributed by atoms with van der Waals surface area (Å²) in [6.07, 6.45) is -3.67. The minimum Gasteiger partial charge on any atom is -0.507 e. The van der Waals surface area contributed by atoms with Gasteiger partial charge in [0.05, 0.1) is 16.8 Å². The van der Waals surface area contributed by atoms with Gasteiger partial charge in [-0.2, -0.15) is 18.3 Å². The van der Waals surface area contributed by atoms with Crippen LogP contribution in [0.4, 0.5) is 13.2 Å². The van der Waals surface area contributed by atoms with Crippen molar-refractivity contribution in [2.45, 2.75) is 6.18 Å². The highest BCUT2D eigenvalue weighted by molar-refractivity contribution is 6.31. The second kappa shape index (κ2) is 6.70. The highest BCUT2D eigenvalue weighted by atomic mass is 35.5. The van der Waals surface area contributed by atoms with E-state index in [-0.39, 0.29) is 5.56 Å². The van der Waals surface area contributed by atoms with Crippen molar-refractivity contribution in [1.82, 2.24) is 5.43 Å². The summed E-state index contributed by atoms with van der Waals surface area (Å²) < 4.78 is 37.9. The smallest absolute Gasteiger partial charge is 0.417 e. The summed E-state index contributed by atoms with van der Waals surface area (Å²) in [7, 11) is 0. The second-order valence-corrected chi connectivity index (χ2v) is 4.86. The summed E-state index contributed by atoms with van der Waals surface area (Å²) in [4.78, 5) is 11.7. The minimum absolute atomic E-state index is 0.0589. The first kappa shape index (κ1) is 16.8. The Morgan fingerprint density at radius 2 is 1.87 bits per heavy atom. The van der Waals surface area contributed by atoms with Gasteiger partial charge in [0.25, 0.3) is 5.91 Å². The first-order valence-electron chi connectivity index (χ1n) is 6.27. The summed E-state index contributed by atoms with van der Waals surface area (Å²) in [5.74, 6) is -1.15. The minimum atomic E-state index is -4.67. The van der Waals surface area contributed by atoms with Crippen LogP contribution in [0.3, 0.4) is 0 Å². The molecule has 120 valence electrons. The number of nitrogens with zero attached hydrogens (tertiary/aromatic N) is 1. The molecule has 0 unspecified atom stereocenters. The first-order chi connectivity index (χ1) is 10.8. The quantitative estimate of drug-likeness (QED) is 0.658. The number of carbonyl (C=O) groups excluding carboxylic acids is 1. The number of hydrazone groups is 1. The molecule has 0 aliphatic heterocycles. The number of rotatable bonds is 3. The number of halogens is 4. The van der Waals surface area contributed by atoms with Gasteiger partial charge < -0.3 is 5.11 Å². The molecule has 0 saturated carbocycles. The monoisotopic (exact) mass is 342 g/mol. The van der Waals surface area contributed by atoms with Crippen molar-refractivity contribution >= 4 is 23.7 Å². The Bertz CT molecular complexity index is 746. The van der Waals surface area contributed by atoms with Gasteiger partial charge in [0.15, 0.2) is 0 Å². The SMILES string of the molecule is O=C(N/N=C/c1cc(Cl)c(C(F)(F)F)cc1O)c1ccccc1. The van der Waals surface area contributed by atoms with Gasteiger partial charge in [0.2, 0.25) is 0 Å². The molecule has 0 saturated heterocycles. The number of hydrogen-bond donors (Lipinski definition) is 2. The van der Waals surface area contributed by atoms with Crippen molar-refractivity contribution in [3.05, 3.63) is 64.2 Å². The van der Waals surface area contributed by atoms with E-state index in [2.05, 4.69) is 10.5 Å². The van der Waals surface area contributed by atoms with E-state index in [4.69, 9.17) is 11.6 Å². The van der Waals surface area contributed by atoms with E-state index in [0.29, 0.717) is 11.6 Å². The van der Waals surface area contributed by atoms with E-state index >= 15 is 0 Å². The van der Waals surface area contributed by atoms with Gasteiger partial charge in [0.1, 0.15) is 5.75 Å². The normalized spacial score (nSPS) is 11.7. The molecule has 0 bridgehead atoms. The molecule has 2 rings (SSSR count). The molecule has 1 amide bonds. The number of carbonyl (C=O) groups is 1. The molecule has 0 aliphatic rings.